The average molecular weight is 359 g/mol. The van der Waals surface area contributed by atoms with Crippen molar-refractivity contribution in [1.29, 1.82) is 0 Å². The molecular formula is C20H23ClN2O2. The predicted molar refractivity (Wildman–Crippen MR) is 100.0 cm³/mol. The van der Waals surface area contributed by atoms with Crippen molar-refractivity contribution in [1.82, 2.24) is 10.6 Å². The third kappa shape index (κ3) is 5.76. The van der Waals surface area contributed by atoms with Gasteiger partial charge in [-0.05, 0) is 61.3 Å². The molecule has 1 amide bonds. The molecule has 4 nitrogen and oxygen atoms in total. The fourth-order valence-corrected chi connectivity index (χ4v) is 3.18. The summed E-state index contributed by atoms with van der Waals surface area (Å²) < 4.78 is 5.82. The number of hydrogen-bond acceptors (Lipinski definition) is 3. The minimum atomic E-state index is 0.0684. The van der Waals surface area contributed by atoms with E-state index in [1.165, 1.54) is 0 Å². The SMILES string of the molecule is O=C(Cc1cccc(OCc2cccc(Cl)c2)c1)NC1CCNCC1. The Labute approximate surface area is 153 Å². The first kappa shape index (κ1) is 17.8. The number of piperidine rings is 1. The normalized spacial score (nSPS) is 14.9. The van der Waals surface area contributed by atoms with Crippen LogP contribution in [0.5, 0.6) is 5.75 Å². The predicted octanol–water partition coefficient (Wildman–Crippen LogP) is 3.33. The van der Waals surface area contributed by atoms with Gasteiger partial charge in [0.2, 0.25) is 5.91 Å². The van der Waals surface area contributed by atoms with Crippen molar-refractivity contribution in [3.05, 3.63) is 64.7 Å². The summed E-state index contributed by atoms with van der Waals surface area (Å²) in [5.74, 6) is 0.825. The van der Waals surface area contributed by atoms with Crippen LogP contribution in [0.3, 0.4) is 0 Å². The smallest absolute Gasteiger partial charge is 0.224 e. The summed E-state index contributed by atoms with van der Waals surface area (Å²) in [6, 6.07) is 15.6. The molecule has 0 bridgehead atoms. The zero-order valence-electron chi connectivity index (χ0n) is 14.1. The van der Waals surface area contributed by atoms with E-state index in [0.29, 0.717) is 18.1 Å². The number of carbonyl (C=O) groups excluding carboxylic acids is 1. The van der Waals surface area contributed by atoms with Gasteiger partial charge in [-0.3, -0.25) is 4.79 Å². The quantitative estimate of drug-likeness (QED) is 0.832. The fraction of sp³-hybridized carbons (Fsp3) is 0.350. The van der Waals surface area contributed by atoms with Crippen LogP contribution in [-0.4, -0.2) is 25.0 Å². The molecule has 1 aliphatic rings. The Balaban J connectivity index is 1.52. The maximum Gasteiger partial charge on any atom is 0.224 e. The van der Waals surface area contributed by atoms with Crippen molar-refractivity contribution in [2.24, 2.45) is 0 Å². The molecule has 2 aromatic carbocycles. The lowest BCUT2D eigenvalue weighted by Gasteiger charge is -2.23. The van der Waals surface area contributed by atoms with Gasteiger partial charge in [0.25, 0.3) is 0 Å². The van der Waals surface area contributed by atoms with Crippen LogP contribution in [0.15, 0.2) is 48.5 Å². The molecular weight excluding hydrogens is 336 g/mol. The highest BCUT2D eigenvalue weighted by molar-refractivity contribution is 6.30. The van der Waals surface area contributed by atoms with Gasteiger partial charge >= 0.3 is 0 Å². The number of halogens is 1. The zero-order chi connectivity index (χ0) is 17.5. The fourth-order valence-electron chi connectivity index (χ4n) is 2.97. The second-order valence-electron chi connectivity index (χ2n) is 6.33. The molecule has 0 spiro atoms. The first-order valence-corrected chi connectivity index (χ1v) is 9.03. The Kier molecular flexibility index (Phi) is 6.31. The standard InChI is InChI=1S/C20H23ClN2O2/c21-17-5-1-4-16(11-17)14-25-19-6-2-3-15(12-19)13-20(24)23-18-7-9-22-10-8-18/h1-6,11-12,18,22H,7-10,13-14H2,(H,23,24). The van der Waals surface area contributed by atoms with Gasteiger partial charge in [0, 0.05) is 11.1 Å². The topological polar surface area (TPSA) is 50.4 Å². The number of amides is 1. The van der Waals surface area contributed by atoms with Crippen LogP contribution < -0.4 is 15.4 Å². The Bertz CT molecular complexity index is 714. The monoisotopic (exact) mass is 358 g/mol. The number of nitrogens with one attached hydrogen (secondary N) is 2. The van der Waals surface area contributed by atoms with Crippen molar-refractivity contribution in [3.8, 4) is 5.75 Å². The van der Waals surface area contributed by atoms with E-state index in [-0.39, 0.29) is 11.9 Å². The summed E-state index contributed by atoms with van der Waals surface area (Å²) in [6.45, 7) is 2.39. The van der Waals surface area contributed by atoms with Crippen LogP contribution in [-0.2, 0) is 17.8 Å². The molecule has 0 atom stereocenters. The van der Waals surface area contributed by atoms with Crippen LogP contribution in [0.4, 0.5) is 0 Å². The second kappa shape index (κ2) is 8.88. The van der Waals surface area contributed by atoms with Crippen LogP contribution in [0.25, 0.3) is 0 Å². The van der Waals surface area contributed by atoms with Gasteiger partial charge in [-0.1, -0.05) is 35.9 Å². The molecule has 1 heterocycles. The molecule has 5 heteroatoms. The van der Waals surface area contributed by atoms with Crippen LogP contribution in [0, 0.1) is 0 Å². The van der Waals surface area contributed by atoms with E-state index in [9.17, 15) is 4.79 Å². The minimum Gasteiger partial charge on any atom is -0.489 e. The van der Waals surface area contributed by atoms with Gasteiger partial charge in [-0.25, -0.2) is 0 Å². The first-order valence-electron chi connectivity index (χ1n) is 8.65. The van der Waals surface area contributed by atoms with Crippen molar-refractivity contribution < 1.29 is 9.53 Å². The van der Waals surface area contributed by atoms with E-state index in [0.717, 1.165) is 42.8 Å². The average Bonchev–Trinajstić information content (AvgIpc) is 2.61. The summed E-state index contributed by atoms with van der Waals surface area (Å²) in [5.41, 5.74) is 1.97. The first-order chi connectivity index (χ1) is 12.2. The number of hydrogen-bond donors (Lipinski definition) is 2. The van der Waals surface area contributed by atoms with Crippen molar-refractivity contribution >= 4 is 17.5 Å². The third-order valence-corrected chi connectivity index (χ3v) is 4.50. The number of rotatable bonds is 6. The highest BCUT2D eigenvalue weighted by Crippen LogP contribution is 2.17. The Hall–Kier alpha value is -2.04. The lowest BCUT2D eigenvalue weighted by atomic mass is 10.1. The van der Waals surface area contributed by atoms with Crippen molar-refractivity contribution in [2.45, 2.75) is 31.9 Å². The van der Waals surface area contributed by atoms with Gasteiger partial charge in [-0.2, -0.15) is 0 Å². The molecule has 1 saturated heterocycles. The van der Waals surface area contributed by atoms with Crippen molar-refractivity contribution in [2.75, 3.05) is 13.1 Å². The number of carbonyl (C=O) groups is 1. The van der Waals surface area contributed by atoms with Crippen LogP contribution in [0.2, 0.25) is 5.02 Å². The van der Waals surface area contributed by atoms with Gasteiger partial charge in [0.05, 0.1) is 6.42 Å². The maximum absolute atomic E-state index is 12.2. The Morgan fingerprint density at radius 3 is 2.68 bits per heavy atom. The summed E-state index contributed by atoms with van der Waals surface area (Å²) in [7, 11) is 0. The van der Waals surface area contributed by atoms with E-state index in [1.54, 1.807) is 0 Å². The van der Waals surface area contributed by atoms with E-state index in [4.69, 9.17) is 16.3 Å². The summed E-state index contributed by atoms with van der Waals surface area (Å²) in [4.78, 5) is 12.2. The molecule has 0 radical (unpaired) electrons. The Morgan fingerprint density at radius 2 is 1.88 bits per heavy atom. The van der Waals surface area contributed by atoms with Crippen LogP contribution in [0.1, 0.15) is 24.0 Å². The van der Waals surface area contributed by atoms with E-state index in [2.05, 4.69) is 10.6 Å². The largest absolute Gasteiger partial charge is 0.489 e. The molecule has 1 aliphatic heterocycles. The van der Waals surface area contributed by atoms with E-state index >= 15 is 0 Å². The highest BCUT2D eigenvalue weighted by Gasteiger charge is 2.15. The summed E-state index contributed by atoms with van der Waals surface area (Å²) >= 11 is 5.99. The summed E-state index contributed by atoms with van der Waals surface area (Å²) in [5, 5.41) is 7.12. The lowest BCUT2D eigenvalue weighted by molar-refractivity contribution is -0.121. The molecule has 132 valence electrons. The highest BCUT2D eigenvalue weighted by atomic mass is 35.5. The van der Waals surface area contributed by atoms with Crippen molar-refractivity contribution in [3.63, 3.8) is 0 Å². The molecule has 25 heavy (non-hydrogen) atoms. The molecule has 0 unspecified atom stereocenters. The molecule has 0 aliphatic carbocycles. The van der Waals surface area contributed by atoms with Gasteiger partial charge in [0.1, 0.15) is 12.4 Å². The van der Waals surface area contributed by atoms with Gasteiger partial charge < -0.3 is 15.4 Å². The van der Waals surface area contributed by atoms with E-state index < -0.39 is 0 Å². The summed E-state index contributed by atoms with van der Waals surface area (Å²) in [6.07, 6.45) is 2.36. The van der Waals surface area contributed by atoms with Gasteiger partial charge in [0.15, 0.2) is 0 Å². The second-order valence-corrected chi connectivity index (χ2v) is 6.77. The Morgan fingerprint density at radius 1 is 1.12 bits per heavy atom. The maximum atomic E-state index is 12.2. The molecule has 2 N–H and O–H groups in total. The molecule has 0 aromatic heterocycles. The number of ether oxygens (including phenoxy) is 1. The minimum absolute atomic E-state index is 0.0684. The van der Waals surface area contributed by atoms with Gasteiger partial charge in [-0.15, -0.1) is 0 Å². The van der Waals surface area contributed by atoms with Crippen LogP contribution >= 0.6 is 11.6 Å². The molecule has 0 saturated carbocycles. The molecule has 3 rings (SSSR count). The lowest BCUT2D eigenvalue weighted by Crippen LogP contribution is -2.43. The zero-order valence-corrected chi connectivity index (χ0v) is 14.9. The van der Waals surface area contributed by atoms with E-state index in [1.807, 2.05) is 48.5 Å². The third-order valence-electron chi connectivity index (χ3n) is 4.26. The molecule has 1 fully saturated rings. The number of benzene rings is 2. The molecule has 2 aromatic rings.